The minimum atomic E-state index is -0.376. The Morgan fingerprint density at radius 3 is 2.62 bits per heavy atom. The van der Waals surface area contributed by atoms with Crippen molar-refractivity contribution in [2.75, 3.05) is 32.9 Å². The lowest BCUT2D eigenvalue weighted by atomic mass is 10.0. The van der Waals surface area contributed by atoms with Gasteiger partial charge in [-0.25, -0.2) is 0 Å². The maximum absolute atomic E-state index is 13.5. The lowest BCUT2D eigenvalue weighted by Gasteiger charge is -2.38. The average Bonchev–Trinajstić information content (AvgIpc) is 3.32. The zero-order chi connectivity index (χ0) is 22.1. The highest BCUT2D eigenvalue weighted by molar-refractivity contribution is 6.01. The molecule has 0 bridgehead atoms. The van der Waals surface area contributed by atoms with E-state index in [1.54, 1.807) is 14.2 Å². The molecule has 0 aliphatic carbocycles. The first kappa shape index (κ1) is 20.1. The molecule has 7 heteroatoms. The number of para-hydroxylation sites is 1. The van der Waals surface area contributed by atoms with E-state index in [2.05, 4.69) is 5.32 Å². The number of anilines is 1. The van der Waals surface area contributed by atoms with Crippen LogP contribution in [0.15, 0.2) is 60.7 Å². The Bertz CT molecular complexity index is 1150. The maximum atomic E-state index is 13.5. The van der Waals surface area contributed by atoms with Gasteiger partial charge in [0.15, 0.2) is 11.5 Å². The number of fused-ring (bicyclic) bond motifs is 2. The number of rotatable bonds is 6. The van der Waals surface area contributed by atoms with Crippen LogP contribution in [-0.4, -0.2) is 38.4 Å². The fourth-order valence-corrected chi connectivity index (χ4v) is 4.14. The largest absolute Gasteiger partial charge is 0.497 e. The Kier molecular flexibility index (Phi) is 5.23. The predicted molar refractivity (Wildman–Crippen MR) is 120 cm³/mol. The van der Waals surface area contributed by atoms with Gasteiger partial charge in [0.25, 0.3) is 5.91 Å². The first-order valence-corrected chi connectivity index (χ1v) is 10.4. The molecule has 1 amide bonds. The molecule has 0 aromatic heterocycles. The van der Waals surface area contributed by atoms with Gasteiger partial charge in [-0.05, 0) is 48.4 Å². The first-order chi connectivity index (χ1) is 15.7. The van der Waals surface area contributed by atoms with Crippen LogP contribution < -0.4 is 24.3 Å². The highest BCUT2D eigenvalue weighted by Gasteiger charge is 2.34. The quantitative estimate of drug-likeness (QED) is 0.628. The summed E-state index contributed by atoms with van der Waals surface area (Å²) in [5.41, 5.74) is 3.45. The fourth-order valence-electron chi connectivity index (χ4n) is 4.14. The highest BCUT2D eigenvalue weighted by atomic mass is 16.7. The second-order valence-corrected chi connectivity index (χ2v) is 7.65. The molecule has 3 aromatic carbocycles. The van der Waals surface area contributed by atoms with E-state index in [1.807, 2.05) is 65.6 Å². The topological polar surface area (TPSA) is 69.3 Å². The van der Waals surface area contributed by atoms with E-state index in [4.69, 9.17) is 18.9 Å². The van der Waals surface area contributed by atoms with Gasteiger partial charge < -0.3 is 29.2 Å². The molecule has 2 aliphatic heterocycles. The summed E-state index contributed by atoms with van der Waals surface area (Å²) >= 11 is 0. The summed E-state index contributed by atoms with van der Waals surface area (Å²) in [5, 5.41) is 3.52. The van der Waals surface area contributed by atoms with Crippen molar-refractivity contribution in [1.82, 2.24) is 4.90 Å². The molecule has 7 nitrogen and oxygen atoms in total. The van der Waals surface area contributed by atoms with Crippen LogP contribution in [0.25, 0.3) is 0 Å². The molecule has 0 saturated carbocycles. The van der Waals surface area contributed by atoms with Crippen LogP contribution in [0.3, 0.4) is 0 Å². The van der Waals surface area contributed by atoms with E-state index in [0.29, 0.717) is 35.8 Å². The van der Waals surface area contributed by atoms with Crippen molar-refractivity contribution >= 4 is 11.6 Å². The van der Waals surface area contributed by atoms with Crippen molar-refractivity contribution in [2.45, 2.75) is 12.6 Å². The van der Waals surface area contributed by atoms with Gasteiger partial charge in [0.05, 0.1) is 19.8 Å². The van der Waals surface area contributed by atoms with E-state index < -0.39 is 0 Å². The number of hydrogen-bond donors (Lipinski definition) is 1. The van der Waals surface area contributed by atoms with E-state index >= 15 is 0 Å². The average molecular weight is 432 g/mol. The van der Waals surface area contributed by atoms with E-state index in [-0.39, 0.29) is 18.9 Å². The summed E-state index contributed by atoms with van der Waals surface area (Å²) in [6.07, 6.45) is 0.330. The second-order valence-electron chi connectivity index (χ2n) is 7.65. The molecule has 5 rings (SSSR count). The predicted octanol–water partition coefficient (Wildman–Crippen LogP) is 4.24. The third-order valence-corrected chi connectivity index (χ3v) is 5.82. The number of nitrogens with one attached hydrogen (secondary N) is 1. The third-order valence-electron chi connectivity index (χ3n) is 5.82. The van der Waals surface area contributed by atoms with Crippen molar-refractivity contribution in [3.63, 3.8) is 0 Å². The van der Waals surface area contributed by atoms with Crippen LogP contribution >= 0.6 is 0 Å². The smallest absolute Gasteiger partial charge is 0.257 e. The van der Waals surface area contributed by atoms with Crippen molar-refractivity contribution < 1.29 is 23.7 Å². The number of amides is 1. The summed E-state index contributed by atoms with van der Waals surface area (Å²) < 4.78 is 21.9. The molecule has 1 atom stereocenters. The number of benzene rings is 3. The van der Waals surface area contributed by atoms with Gasteiger partial charge in [0, 0.05) is 17.8 Å². The summed E-state index contributed by atoms with van der Waals surface area (Å²) in [6.45, 7) is 0.685. The number of carbonyl (C=O) groups excluding carboxylic acids is 1. The molecule has 3 aromatic rings. The van der Waals surface area contributed by atoms with E-state index in [9.17, 15) is 4.79 Å². The van der Waals surface area contributed by atoms with Crippen molar-refractivity contribution in [2.24, 2.45) is 0 Å². The fraction of sp³-hybridized carbons (Fsp3) is 0.240. The standard InChI is InChI=1S/C25H24N2O5/c1-29-18-9-7-16(8-10-18)11-12-27-24(26-20-6-4-3-5-19(20)25(27)28)17-13-21(30-2)23-22(14-17)31-15-32-23/h3-10,13-14,24,26H,11-12,15H2,1-2H3. The highest BCUT2D eigenvalue weighted by Crippen LogP contribution is 2.45. The van der Waals surface area contributed by atoms with Crippen LogP contribution in [0, 0.1) is 0 Å². The van der Waals surface area contributed by atoms with Gasteiger partial charge in [0.2, 0.25) is 12.5 Å². The lowest BCUT2D eigenvalue weighted by molar-refractivity contribution is 0.0685. The van der Waals surface area contributed by atoms with Crippen LogP contribution in [-0.2, 0) is 6.42 Å². The Hall–Kier alpha value is -3.87. The minimum absolute atomic E-state index is 0.0190. The molecule has 0 saturated heterocycles. The van der Waals surface area contributed by atoms with Crippen molar-refractivity contribution in [3.8, 4) is 23.0 Å². The number of carbonyl (C=O) groups is 1. The van der Waals surface area contributed by atoms with Crippen LogP contribution in [0.2, 0.25) is 0 Å². The Labute approximate surface area is 186 Å². The molecule has 1 N–H and O–H groups in total. The monoisotopic (exact) mass is 432 g/mol. The zero-order valence-electron chi connectivity index (χ0n) is 18.0. The summed E-state index contributed by atoms with van der Waals surface area (Å²) in [6, 6.07) is 19.3. The van der Waals surface area contributed by atoms with E-state index in [0.717, 1.165) is 22.6 Å². The number of hydrogen-bond acceptors (Lipinski definition) is 6. The Morgan fingerprint density at radius 1 is 1.03 bits per heavy atom. The van der Waals surface area contributed by atoms with Crippen LogP contribution in [0.5, 0.6) is 23.0 Å². The normalized spacial score (nSPS) is 16.4. The Balaban J connectivity index is 1.49. The number of methoxy groups -OCH3 is 2. The van der Waals surface area contributed by atoms with Crippen LogP contribution in [0.4, 0.5) is 5.69 Å². The first-order valence-electron chi connectivity index (χ1n) is 10.4. The van der Waals surface area contributed by atoms with Gasteiger partial charge >= 0.3 is 0 Å². The maximum Gasteiger partial charge on any atom is 0.257 e. The number of nitrogens with zero attached hydrogens (tertiary/aromatic N) is 1. The third kappa shape index (κ3) is 3.56. The molecule has 1 unspecified atom stereocenters. The molecule has 32 heavy (non-hydrogen) atoms. The molecule has 0 spiro atoms. The molecular formula is C25H24N2O5. The molecule has 0 radical (unpaired) electrons. The second kappa shape index (κ2) is 8.34. The minimum Gasteiger partial charge on any atom is -0.497 e. The summed E-state index contributed by atoms with van der Waals surface area (Å²) in [7, 11) is 3.24. The molecule has 164 valence electrons. The van der Waals surface area contributed by atoms with Crippen molar-refractivity contribution in [3.05, 3.63) is 77.4 Å². The number of ether oxygens (including phenoxy) is 4. The summed E-state index contributed by atoms with van der Waals surface area (Å²) in [5.74, 6) is 2.57. The van der Waals surface area contributed by atoms with Crippen molar-refractivity contribution in [1.29, 1.82) is 0 Å². The summed E-state index contributed by atoms with van der Waals surface area (Å²) in [4.78, 5) is 15.3. The molecule has 2 aliphatic rings. The zero-order valence-corrected chi connectivity index (χ0v) is 18.0. The molecule has 2 heterocycles. The molecule has 0 fully saturated rings. The van der Waals surface area contributed by atoms with Gasteiger partial charge in [-0.1, -0.05) is 24.3 Å². The lowest BCUT2D eigenvalue weighted by Crippen LogP contribution is -2.44. The molecular weight excluding hydrogens is 408 g/mol. The Morgan fingerprint density at radius 2 is 1.84 bits per heavy atom. The van der Waals surface area contributed by atoms with E-state index in [1.165, 1.54) is 0 Å². The van der Waals surface area contributed by atoms with Gasteiger partial charge in [-0.3, -0.25) is 4.79 Å². The van der Waals surface area contributed by atoms with Crippen LogP contribution in [0.1, 0.15) is 27.7 Å². The SMILES string of the molecule is COc1ccc(CCN2C(=O)c3ccccc3NC2c2cc(OC)c3c(c2)OCO3)cc1. The van der Waals surface area contributed by atoms with Gasteiger partial charge in [-0.2, -0.15) is 0 Å². The van der Waals surface area contributed by atoms with Gasteiger partial charge in [-0.15, -0.1) is 0 Å². The van der Waals surface area contributed by atoms with Gasteiger partial charge in [0.1, 0.15) is 11.9 Å².